The minimum absolute atomic E-state index is 0. The van der Waals surface area contributed by atoms with Gasteiger partial charge in [0.05, 0.1) is 27.7 Å². The number of alkyl halides is 9. The maximum atomic E-state index is 12.5. The molecule has 7 aromatic rings. The number of nitrogen functional groups attached to an aromatic ring is 1. The molecule has 0 amide bonds. The van der Waals surface area contributed by atoms with E-state index in [4.69, 9.17) is 22.1 Å². The number of carbonyl (C=O) groups excluding carboxylic acids is 1. The van der Waals surface area contributed by atoms with Crippen LogP contribution in [0.5, 0.6) is 0 Å². The number of nitrogens with zero attached hydrogens (tertiary/aromatic N) is 1. The molecule has 80 heavy (non-hydrogen) atoms. The van der Waals surface area contributed by atoms with Crippen LogP contribution in [0.3, 0.4) is 0 Å². The van der Waals surface area contributed by atoms with Crippen LogP contribution in [0.2, 0.25) is 5.02 Å². The number of rotatable bonds is 8. The summed E-state index contributed by atoms with van der Waals surface area (Å²) >= 11 is 5.35. The number of hydrogen-bond acceptors (Lipinski definition) is 4. The fourth-order valence-corrected chi connectivity index (χ4v) is 14.2. The summed E-state index contributed by atoms with van der Waals surface area (Å²) in [5.74, 6) is 0. The number of halogens is 10. The number of nitrogens with one attached hydrogen (secondary N) is 1. The molecule has 7 aromatic carbocycles. The molecule has 0 spiro atoms. The largest absolute Gasteiger partial charge is 0.533 e. The first-order valence-corrected chi connectivity index (χ1v) is 28.2. The Kier molecular flexibility index (Phi) is 29.9. The summed E-state index contributed by atoms with van der Waals surface area (Å²) in [6, 6.07) is 53.8. The van der Waals surface area contributed by atoms with Crippen molar-refractivity contribution < 1.29 is 64.7 Å². The molecule has 0 aliphatic heterocycles. The van der Waals surface area contributed by atoms with Crippen molar-refractivity contribution in [2.24, 2.45) is 0 Å². The van der Waals surface area contributed by atoms with Crippen molar-refractivity contribution in [3.8, 4) is 11.1 Å². The topological polar surface area (TPSA) is 58.4 Å². The fourth-order valence-electron chi connectivity index (χ4n) is 9.61. The zero-order valence-corrected chi connectivity index (χ0v) is 48.9. The average molecular weight is 1240 g/mol. The second-order valence-corrected chi connectivity index (χ2v) is 23.2. The number of nitrogens with two attached hydrogens (primary N) is 1. The standard InChI is InChI=1S/C27H37P.C13H10F3N.C9H12N.C7H4ClF3.C6H7N.C2F3O.Pd/c1-20-18-21(2)27(22(3)19-20)25-16-10-11-17-26(25)28(23-12-6-4-7-13-23)24-14-8-5-9-15-24;14-13(15,16)10-5-4-8-12(9-10)17-11-6-2-1-3-7-11;1-10(2)8-9-6-4-3-5-7-9;8-6-3-1-2-5(4-6)7(9,10)11;7-6-4-2-1-3-5-6;3-2(4,5)1-6;/h10-11,16-19,23-24H,4-9,12-15H2,1-3H3;1-9,17H;3-6H,8H2,1-2H3;1-4H;1-5H,7H2;;/q;;-1;;;-1;/p+1. The Balaban J connectivity index is 0.000000276. The number of para-hydroxylation sites is 2. The van der Waals surface area contributed by atoms with Gasteiger partial charge in [0.2, 0.25) is 0 Å². The monoisotopic (exact) mass is 1240 g/mol. The van der Waals surface area contributed by atoms with Crippen molar-refractivity contribution in [3.05, 3.63) is 214 Å². The van der Waals surface area contributed by atoms with Crippen LogP contribution >= 0.6 is 19.5 Å². The van der Waals surface area contributed by atoms with E-state index in [0.717, 1.165) is 53.5 Å². The Bertz CT molecular complexity index is 2800. The van der Waals surface area contributed by atoms with Crippen LogP contribution in [0.4, 0.5) is 56.6 Å². The van der Waals surface area contributed by atoms with Gasteiger partial charge in [0.1, 0.15) is 0 Å². The van der Waals surface area contributed by atoms with Gasteiger partial charge in [-0.3, -0.25) is 0 Å². The third-order valence-corrected chi connectivity index (χ3v) is 17.1. The second kappa shape index (κ2) is 34.7. The van der Waals surface area contributed by atoms with Gasteiger partial charge in [-0.25, -0.2) is 13.2 Å². The summed E-state index contributed by atoms with van der Waals surface area (Å²) in [7, 11) is 3.57. The van der Waals surface area contributed by atoms with Gasteiger partial charge in [0, 0.05) is 62.5 Å². The predicted molar refractivity (Wildman–Crippen MR) is 311 cm³/mol. The SMILES string of the molecule is CN(C)Cc1[c-]cccc1.Cc1cc(C)c(-c2ccccc2[PH+](C2CCCCC2)C2CCCCC2)c(C)c1.FC(F)(F)c1cccc(Cl)c1.FC(F)(F)c1cccc(Nc2ccccc2)c1.Nc1ccccc1.O=[C-]C(F)(F)F.[Pd]. The number of hydrogen-bond donors (Lipinski definition) is 2. The van der Waals surface area contributed by atoms with E-state index in [9.17, 15) is 39.5 Å². The van der Waals surface area contributed by atoms with Gasteiger partial charge in [-0.05, 0) is 170 Å². The van der Waals surface area contributed by atoms with Crippen molar-refractivity contribution in [3.63, 3.8) is 0 Å². The van der Waals surface area contributed by atoms with Crippen LogP contribution in [0.25, 0.3) is 11.1 Å². The van der Waals surface area contributed by atoms with Gasteiger partial charge in [-0.1, -0.05) is 109 Å². The molecule has 0 bridgehead atoms. The minimum atomic E-state index is -4.76. The van der Waals surface area contributed by atoms with Gasteiger partial charge in [-0.2, -0.15) is 63.0 Å². The van der Waals surface area contributed by atoms with Crippen molar-refractivity contribution >= 4 is 48.2 Å². The molecule has 434 valence electrons. The molecule has 0 aromatic heterocycles. The molecular formula is C64H71ClF9N3OPPd-. The van der Waals surface area contributed by atoms with E-state index < -0.39 is 37.6 Å². The maximum absolute atomic E-state index is 12.5. The van der Waals surface area contributed by atoms with E-state index in [-0.39, 0.29) is 31.7 Å². The van der Waals surface area contributed by atoms with Crippen LogP contribution in [0.1, 0.15) is 97.6 Å². The molecule has 0 radical (unpaired) electrons. The van der Waals surface area contributed by atoms with Crippen molar-refractivity contribution in [1.29, 1.82) is 0 Å². The number of benzene rings is 7. The maximum Gasteiger partial charge on any atom is 0.416 e. The smallest absolute Gasteiger partial charge is 0.416 e. The Morgan fingerprint density at radius 3 is 1.50 bits per heavy atom. The van der Waals surface area contributed by atoms with Gasteiger partial charge in [0.25, 0.3) is 6.18 Å². The van der Waals surface area contributed by atoms with Gasteiger partial charge in [-0.15, -0.1) is 5.56 Å². The molecule has 0 heterocycles. The first kappa shape index (κ1) is 68.8. The molecule has 2 aliphatic carbocycles. The van der Waals surface area contributed by atoms with Crippen LogP contribution < -0.4 is 16.4 Å². The van der Waals surface area contributed by atoms with Crippen LogP contribution in [-0.4, -0.2) is 42.8 Å². The third kappa shape index (κ3) is 25.5. The second-order valence-electron chi connectivity index (χ2n) is 19.7. The molecule has 2 fully saturated rings. The molecule has 16 heteroatoms. The molecule has 3 N–H and O–H groups in total. The molecule has 2 aliphatic rings. The summed E-state index contributed by atoms with van der Waals surface area (Å²) in [5.41, 5.74) is 16.6. The molecule has 2 saturated carbocycles. The summed E-state index contributed by atoms with van der Waals surface area (Å²) in [5, 5.41) is 4.78. The van der Waals surface area contributed by atoms with E-state index in [0.29, 0.717) is 5.69 Å². The summed E-state index contributed by atoms with van der Waals surface area (Å²) < 4.78 is 104. The predicted octanol–water partition coefficient (Wildman–Crippen LogP) is 19.1. The van der Waals surface area contributed by atoms with Crippen molar-refractivity contribution in [2.75, 3.05) is 25.1 Å². The summed E-state index contributed by atoms with van der Waals surface area (Å²) in [6.07, 6.45) is 1.25. The van der Waals surface area contributed by atoms with E-state index in [1.807, 2.05) is 66.7 Å². The van der Waals surface area contributed by atoms with Crippen molar-refractivity contribution in [2.45, 2.75) is 121 Å². The Hall–Kier alpha value is -5.48. The van der Waals surface area contributed by atoms with Crippen molar-refractivity contribution in [1.82, 2.24) is 4.90 Å². The minimum Gasteiger partial charge on any atom is -0.533 e. The average Bonchev–Trinajstić information content (AvgIpc) is 3.41. The van der Waals surface area contributed by atoms with Gasteiger partial charge in [0.15, 0.2) is 0 Å². The fraction of sp³-hybridized carbons (Fsp3) is 0.328. The van der Waals surface area contributed by atoms with Crippen LogP contribution in [0.15, 0.2) is 170 Å². The van der Waals surface area contributed by atoms with Crippen LogP contribution in [-0.2, 0) is 44.1 Å². The van der Waals surface area contributed by atoms with Gasteiger partial charge >= 0.3 is 12.4 Å². The molecule has 0 saturated heterocycles. The third-order valence-electron chi connectivity index (χ3n) is 12.9. The van der Waals surface area contributed by atoms with E-state index in [1.165, 1.54) is 110 Å². The molecule has 0 unspecified atom stereocenters. The number of aryl methyl sites for hydroxylation is 3. The summed E-state index contributed by atoms with van der Waals surface area (Å²) in [6.45, 7) is 7.84. The Morgan fingerprint density at radius 2 is 1.06 bits per heavy atom. The first-order valence-electron chi connectivity index (χ1n) is 26.2. The molecular weight excluding hydrogens is 1170 g/mol. The van der Waals surface area contributed by atoms with E-state index in [2.05, 4.69) is 93.6 Å². The van der Waals surface area contributed by atoms with Gasteiger partial charge < -0.3 is 20.7 Å². The van der Waals surface area contributed by atoms with Crippen LogP contribution in [0, 0.1) is 26.8 Å². The normalized spacial score (nSPS) is 13.6. The molecule has 0 atom stereocenters. The molecule has 4 nitrogen and oxygen atoms in total. The first-order chi connectivity index (χ1) is 37.4. The zero-order chi connectivity index (χ0) is 58.0. The van der Waals surface area contributed by atoms with E-state index >= 15 is 0 Å². The Morgan fingerprint density at radius 1 is 0.600 bits per heavy atom. The summed E-state index contributed by atoms with van der Waals surface area (Å²) in [4.78, 5) is 10.7. The quantitative estimate of drug-likeness (QED) is 0.0523. The zero-order valence-electron chi connectivity index (χ0n) is 45.6. The molecule has 9 rings (SSSR count). The Labute approximate surface area is 487 Å². The van der Waals surface area contributed by atoms with E-state index in [1.54, 1.807) is 29.1 Å². The number of anilines is 3.